The average molecular weight is 437 g/mol. The molecule has 0 spiro atoms. The fraction of sp³-hybridized carbons (Fsp3) is 0.292. The first-order valence-corrected chi connectivity index (χ1v) is 10.3. The molecule has 0 unspecified atom stereocenters. The van der Waals surface area contributed by atoms with Crippen LogP contribution in [0.2, 0.25) is 0 Å². The molecule has 0 fully saturated rings. The van der Waals surface area contributed by atoms with Crippen molar-refractivity contribution < 1.29 is 23.4 Å². The van der Waals surface area contributed by atoms with Crippen molar-refractivity contribution >= 4 is 27.7 Å². The summed E-state index contributed by atoms with van der Waals surface area (Å²) in [6, 6.07) is 8.39. The highest BCUT2D eigenvalue weighted by Gasteiger charge is 2.28. The van der Waals surface area contributed by atoms with Crippen molar-refractivity contribution in [2.24, 2.45) is 7.05 Å². The number of carbonyl (C=O) groups is 1. The third-order valence-corrected chi connectivity index (χ3v) is 6.27. The second kappa shape index (κ2) is 7.47. The van der Waals surface area contributed by atoms with E-state index >= 15 is 0 Å². The Kier molecular flexibility index (Phi) is 4.73. The zero-order valence-electron chi connectivity index (χ0n) is 18.4. The molecule has 2 aromatic heterocycles. The quantitative estimate of drug-likeness (QED) is 0.524. The monoisotopic (exact) mass is 437 g/mol. The molecule has 0 radical (unpaired) electrons. The van der Waals surface area contributed by atoms with Crippen LogP contribution in [-0.4, -0.2) is 48.2 Å². The van der Waals surface area contributed by atoms with E-state index < -0.39 is 0 Å². The lowest BCUT2D eigenvalue weighted by molar-refractivity contribution is 0.0726. The van der Waals surface area contributed by atoms with Crippen molar-refractivity contribution in [1.29, 1.82) is 0 Å². The van der Waals surface area contributed by atoms with Gasteiger partial charge < -0.3 is 28.7 Å². The summed E-state index contributed by atoms with van der Waals surface area (Å²) in [5.74, 6) is 1.14. The number of methoxy groups -OCH3 is 3. The molecule has 4 aromatic rings. The lowest BCUT2D eigenvalue weighted by atomic mass is 10.0. The van der Waals surface area contributed by atoms with Gasteiger partial charge in [-0.15, -0.1) is 0 Å². The number of aryl methyl sites for hydroxylation is 1. The highest BCUT2D eigenvalue weighted by atomic mass is 19.1. The van der Waals surface area contributed by atoms with Crippen molar-refractivity contribution in [1.82, 2.24) is 14.5 Å². The minimum absolute atomic E-state index is 0.0971. The fourth-order valence-corrected chi connectivity index (χ4v) is 4.71. The Hall–Kier alpha value is -3.68. The van der Waals surface area contributed by atoms with E-state index in [-0.39, 0.29) is 11.7 Å². The molecule has 0 saturated heterocycles. The number of rotatable bonds is 4. The predicted octanol–water partition coefficient (Wildman–Crippen LogP) is 4.02. The van der Waals surface area contributed by atoms with Gasteiger partial charge in [0.15, 0.2) is 11.5 Å². The summed E-state index contributed by atoms with van der Waals surface area (Å²) in [5.41, 5.74) is 4.20. The van der Waals surface area contributed by atoms with Gasteiger partial charge in [-0.25, -0.2) is 4.39 Å². The van der Waals surface area contributed by atoms with E-state index in [9.17, 15) is 9.18 Å². The number of carbonyl (C=O) groups excluding carboxylic acids is 1. The third-order valence-electron chi connectivity index (χ3n) is 6.27. The molecule has 166 valence electrons. The number of ether oxygens (including phenoxy) is 3. The Balaban J connectivity index is 1.56. The zero-order chi connectivity index (χ0) is 22.6. The van der Waals surface area contributed by atoms with E-state index in [0.29, 0.717) is 42.5 Å². The van der Waals surface area contributed by atoms with Gasteiger partial charge >= 0.3 is 0 Å². The van der Waals surface area contributed by atoms with Gasteiger partial charge in [-0.2, -0.15) is 0 Å². The minimum atomic E-state index is -0.286. The number of aromatic amines is 1. The van der Waals surface area contributed by atoms with Gasteiger partial charge in [-0.3, -0.25) is 4.79 Å². The molecule has 3 heterocycles. The Morgan fingerprint density at radius 1 is 1.06 bits per heavy atom. The fourth-order valence-electron chi connectivity index (χ4n) is 4.71. The molecule has 0 atom stereocenters. The van der Waals surface area contributed by atoms with Crippen LogP contribution in [0.3, 0.4) is 0 Å². The van der Waals surface area contributed by atoms with Gasteiger partial charge in [0.25, 0.3) is 5.91 Å². The van der Waals surface area contributed by atoms with E-state index in [1.807, 2.05) is 23.7 Å². The molecule has 1 N–H and O–H groups in total. The summed E-state index contributed by atoms with van der Waals surface area (Å²) in [7, 11) is 6.51. The number of nitrogens with zero attached hydrogens (tertiary/aromatic N) is 2. The molecule has 7 nitrogen and oxygen atoms in total. The number of hydrogen-bond acceptors (Lipinski definition) is 4. The molecule has 0 bridgehead atoms. The van der Waals surface area contributed by atoms with Crippen molar-refractivity contribution in [2.45, 2.75) is 13.0 Å². The summed E-state index contributed by atoms with van der Waals surface area (Å²) in [6.45, 7) is 0.995. The van der Waals surface area contributed by atoms with Gasteiger partial charge in [-0.1, -0.05) is 0 Å². The van der Waals surface area contributed by atoms with Gasteiger partial charge in [0.05, 0.1) is 26.8 Å². The largest absolute Gasteiger partial charge is 0.493 e. The first-order chi connectivity index (χ1) is 15.5. The van der Waals surface area contributed by atoms with Crippen LogP contribution < -0.4 is 14.2 Å². The molecule has 2 aromatic carbocycles. The van der Waals surface area contributed by atoms with Crippen LogP contribution in [0, 0.1) is 5.82 Å². The summed E-state index contributed by atoms with van der Waals surface area (Å²) in [4.78, 5) is 18.7. The van der Waals surface area contributed by atoms with Crippen molar-refractivity contribution in [3.63, 3.8) is 0 Å². The van der Waals surface area contributed by atoms with E-state index in [0.717, 1.165) is 33.1 Å². The SMILES string of the molecule is COc1cc2cc(C(=O)N3CCc4[nH]c5ccc(F)cc5c4C3)n(C)c2c(OC)c1OC. The van der Waals surface area contributed by atoms with Crippen molar-refractivity contribution in [3.8, 4) is 17.2 Å². The predicted molar refractivity (Wildman–Crippen MR) is 119 cm³/mol. The minimum Gasteiger partial charge on any atom is -0.493 e. The summed E-state index contributed by atoms with van der Waals surface area (Å²) < 4.78 is 32.2. The number of nitrogens with one attached hydrogen (secondary N) is 1. The van der Waals surface area contributed by atoms with Gasteiger partial charge in [-0.05, 0) is 30.3 Å². The van der Waals surface area contributed by atoms with Crippen LogP contribution in [0.1, 0.15) is 21.7 Å². The first-order valence-electron chi connectivity index (χ1n) is 10.3. The standard InChI is InChI=1S/C24H24FN3O4/c1-27-19(9-13-10-20(30-2)22(31-3)23(32-4)21(13)27)24(29)28-8-7-18-16(12-28)15-11-14(25)5-6-17(15)26-18/h5-6,9-11,26H,7-8,12H2,1-4H3. The molecular weight excluding hydrogens is 413 g/mol. The van der Waals surface area contributed by atoms with Crippen LogP contribution in [0.25, 0.3) is 21.8 Å². The Labute approximate surface area is 184 Å². The second-order valence-corrected chi connectivity index (χ2v) is 7.92. The summed E-state index contributed by atoms with van der Waals surface area (Å²) in [6.07, 6.45) is 0.687. The molecule has 32 heavy (non-hydrogen) atoms. The maximum atomic E-state index is 13.8. The molecule has 8 heteroatoms. The van der Waals surface area contributed by atoms with Gasteiger partial charge in [0.2, 0.25) is 5.75 Å². The molecular formula is C24H24FN3O4. The average Bonchev–Trinajstić information content (AvgIpc) is 3.33. The van der Waals surface area contributed by atoms with E-state index in [2.05, 4.69) is 4.98 Å². The van der Waals surface area contributed by atoms with Crippen LogP contribution in [0.4, 0.5) is 4.39 Å². The summed E-state index contributed by atoms with van der Waals surface area (Å²) in [5, 5.41) is 1.64. The third kappa shape index (κ3) is 2.90. The van der Waals surface area contributed by atoms with Crippen LogP contribution in [0.15, 0.2) is 30.3 Å². The van der Waals surface area contributed by atoms with Crippen molar-refractivity contribution in [3.05, 3.63) is 53.1 Å². The highest BCUT2D eigenvalue weighted by molar-refractivity contribution is 6.02. The number of H-pyrrole nitrogens is 1. The van der Waals surface area contributed by atoms with E-state index in [1.54, 1.807) is 32.3 Å². The number of amides is 1. The van der Waals surface area contributed by atoms with E-state index in [1.165, 1.54) is 12.1 Å². The summed E-state index contributed by atoms with van der Waals surface area (Å²) >= 11 is 0. The molecule has 1 aliphatic heterocycles. The Morgan fingerprint density at radius 2 is 1.84 bits per heavy atom. The number of aromatic nitrogens is 2. The Bertz CT molecular complexity index is 1370. The maximum absolute atomic E-state index is 13.8. The molecule has 5 rings (SSSR count). The normalized spacial score (nSPS) is 13.5. The zero-order valence-corrected chi connectivity index (χ0v) is 18.4. The number of fused-ring (bicyclic) bond motifs is 4. The van der Waals surface area contributed by atoms with Gasteiger partial charge in [0.1, 0.15) is 11.5 Å². The van der Waals surface area contributed by atoms with Gasteiger partial charge in [0, 0.05) is 54.1 Å². The smallest absolute Gasteiger partial charge is 0.270 e. The lowest BCUT2D eigenvalue weighted by Gasteiger charge is -2.27. The first kappa shape index (κ1) is 20.2. The molecule has 0 saturated carbocycles. The number of halogens is 1. The highest BCUT2D eigenvalue weighted by Crippen LogP contribution is 2.44. The van der Waals surface area contributed by atoms with Crippen LogP contribution in [0.5, 0.6) is 17.2 Å². The molecule has 0 aliphatic carbocycles. The van der Waals surface area contributed by atoms with Crippen LogP contribution in [-0.2, 0) is 20.0 Å². The lowest BCUT2D eigenvalue weighted by Crippen LogP contribution is -2.36. The van der Waals surface area contributed by atoms with Crippen LogP contribution >= 0.6 is 0 Å². The maximum Gasteiger partial charge on any atom is 0.270 e. The second-order valence-electron chi connectivity index (χ2n) is 7.92. The number of hydrogen-bond donors (Lipinski definition) is 1. The van der Waals surface area contributed by atoms with E-state index in [4.69, 9.17) is 14.2 Å². The molecule has 1 aliphatic rings. The topological polar surface area (TPSA) is 68.7 Å². The molecule has 1 amide bonds. The van der Waals surface area contributed by atoms with Crippen molar-refractivity contribution in [2.75, 3.05) is 27.9 Å². The Morgan fingerprint density at radius 3 is 2.56 bits per heavy atom. The number of benzene rings is 2.